The minimum atomic E-state index is -0.142. The highest BCUT2D eigenvalue weighted by atomic mass is 79.9. The van der Waals surface area contributed by atoms with E-state index in [4.69, 9.17) is 9.72 Å². The molecule has 2 aromatic carbocycles. The van der Waals surface area contributed by atoms with Crippen LogP contribution in [-0.4, -0.2) is 27.8 Å². The van der Waals surface area contributed by atoms with Gasteiger partial charge in [-0.05, 0) is 86.7 Å². The number of anilines is 1. The van der Waals surface area contributed by atoms with Crippen molar-refractivity contribution in [2.24, 2.45) is 0 Å². The van der Waals surface area contributed by atoms with Gasteiger partial charge in [0.2, 0.25) is 5.91 Å². The molecule has 9 heteroatoms. The summed E-state index contributed by atoms with van der Waals surface area (Å²) in [7, 11) is 0. The standard InChI is InChI=1S/C29H32BrN3O3S2/c1-6-9-23-18(5)25-27(38-23)32-29(33(28(25)35)21-10-12-22(13-11-21)36-8-3)37-16-24(34)31-26-17(4)14-20(30)15-19(26)7-2/h10-15H,6-9,16H2,1-5H3,(H,31,34). The number of halogens is 1. The average Bonchev–Trinajstić information content (AvgIpc) is 3.20. The number of ether oxygens (including phenoxy) is 1. The summed E-state index contributed by atoms with van der Waals surface area (Å²) in [4.78, 5) is 33.8. The molecule has 0 unspecified atom stereocenters. The zero-order valence-corrected chi connectivity index (χ0v) is 25.5. The molecule has 2 heterocycles. The van der Waals surface area contributed by atoms with E-state index in [-0.39, 0.29) is 17.2 Å². The van der Waals surface area contributed by atoms with Crippen molar-refractivity contribution in [1.29, 1.82) is 0 Å². The van der Waals surface area contributed by atoms with E-state index in [0.29, 0.717) is 22.8 Å². The molecule has 0 spiro atoms. The second-order valence-corrected chi connectivity index (χ2v) is 11.9. The van der Waals surface area contributed by atoms with Crippen LogP contribution in [0.5, 0.6) is 5.75 Å². The number of rotatable bonds is 10. The first-order valence-corrected chi connectivity index (χ1v) is 15.4. The van der Waals surface area contributed by atoms with Gasteiger partial charge in [0.15, 0.2) is 5.16 Å². The van der Waals surface area contributed by atoms with Gasteiger partial charge in [-0.2, -0.15) is 0 Å². The van der Waals surface area contributed by atoms with Gasteiger partial charge in [-0.25, -0.2) is 4.98 Å². The van der Waals surface area contributed by atoms with Crippen molar-refractivity contribution in [3.63, 3.8) is 0 Å². The molecule has 1 amide bonds. The second kappa shape index (κ2) is 12.5. The summed E-state index contributed by atoms with van der Waals surface area (Å²) in [6, 6.07) is 11.4. The Kier molecular flexibility index (Phi) is 9.33. The van der Waals surface area contributed by atoms with Gasteiger partial charge in [0.1, 0.15) is 10.6 Å². The van der Waals surface area contributed by atoms with Crippen molar-refractivity contribution in [2.75, 3.05) is 17.7 Å². The van der Waals surface area contributed by atoms with Gasteiger partial charge >= 0.3 is 0 Å². The van der Waals surface area contributed by atoms with Crippen molar-refractivity contribution >= 4 is 60.8 Å². The fourth-order valence-corrected chi connectivity index (χ4v) is 7.19. The number of thiophene rings is 1. The van der Waals surface area contributed by atoms with Crippen LogP contribution in [0.1, 0.15) is 48.8 Å². The van der Waals surface area contributed by atoms with E-state index < -0.39 is 0 Å². The van der Waals surface area contributed by atoms with Crippen LogP contribution in [0.3, 0.4) is 0 Å². The number of carbonyl (C=O) groups is 1. The molecule has 200 valence electrons. The lowest BCUT2D eigenvalue weighted by atomic mass is 10.1. The van der Waals surface area contributed by atoms with Gasteiger partial charge < -0.3 is 10.1 Å². The third kappa shape index (κ3) is 6.00. The number of benzene rings is 2. The molecule has 0 bridgehead atoms. The third-order valence-corrected chi connectivity index (χ3v) is 8.92. The SMILES string of the molecule is CCCc1sc2nc(SCC(=O)Nc3c(C)cc(Br)cc3CC)n(-c3ccc(OCC)cc3)c(=O)c2c1C. The Balaban J connectivity index is 1.71. The van der Waals surface area contributed by atoms with Crippen LogP contribution in [0, 0.1) is 13.8 Å². The smallest absolute Gasteiger partial charge is 0.267 e. The molecule has 1 N–H and O–H groups in total. The number of thioether (sulfide) groups is 1. The van der Waals surface area contributed by atoms with Crippen molar-refractivity contribution in [3.05, 3.63) is 72.8 Å². The molecule has 4 aromatic rings. The Bertz CT molecular complexity index is 1530. The average molecular weight is 615 g/mol. The molecule has 4 rings (SSSR count). The summed E-state index contributed by atoms with van der Waals surface area (Å²) in [6.45, 7) is 10.7. The van der Waals surface area contributed by atoms with Gasteiger partial charge in [-0.3, -0.25) is 14.2 Å². The van der Waals surface area contributed by atoms with E-state index >= 15 is 0 Å². The largest absolute Gasteiger partial charge is 0.494 e. The molecule has 0 atom stereocenters. The van der Waals surface area contributed by atoms with Crippen molar-refractivity contribution in [2.45, 2.75) is 59.0 Å². The first-order chi connectivity index (χ1) is 18.3. The minimum Gasteiger partial charge on any atom is -0.494 e. The van der Waals surface area contributed by atoms with Crippen LogP contribution in [0.4, 0.5) is 5.69 Å². The fraction of sp³-hybridized carbons (Fsp3) is 0.345. The van der Waals surface area contributed by atoms with E-state index in [2.05, 4.69) is 35.1 Å². The highest BCUT2D eigenvalue weighted by Crippen LogP contribution is 2.32. The molecule has 6 nitrogen and oxygen atoms in total. The predicted octanol–water partition coefficient (Wildman–Crippen LogP) is 7.47. The number of aromatic nitrogens is 2. The van der Waals surface area contributed by atoms with E-state index in [9.17, 15) is 9.59 Å². The second-order valence-electron chi connectivity index (χ2n) is 8.99. The molecule has 0 saturated carbocycles. The Morgan fingerprint density at radius 3 is 2.55 bits per heavy atom. The molecule has 0 saturated heterocycles. The van der Waals surface area contributed by atoms with Gasteiger partial charge in [0.25, 0.3) is 5.56 Å². The lowest BCUT2D eigenvalue weighted by molar-refractivity contribution is -0.113. The number of aryl methyl sites for hydroxylation is 4. The summed E-state index contributed by atoms with van der Waals surface area (Å²) in [5, 5.41) is 4.23. The van der Waals surface area contributed by atoms with Crippen LogP contribution in [-0.2, 0) is 17.6 Å². The summed E-state index contributed by atoms with van der Waals surface area (Å²) in [5.41, 5.74) is 4.48. The molecule has 0 aliphatic carbocycles. The lowest BCUT2D eigenvalue weighted by Crippen LogP contribution is -2.23. The van der Waals surface area contributed by atoms with Crippen LogP contribution >= 0.6 is 39.0 Å². The van der Waals surface area contributed by atoms with E-state index in [1.165, 1.54) is 16.6 Å². The number of carbonyl (C=O) groups excluding carboxylic acids is 1. The monoisotopic (exact) mass is 613 g/mol. The number of hydrogen-bond donors (Lipinski definition) is 1. The maximum atomic E-state index is 13.9. The molecular formula is C29H32BrN3O3S2. The maximum absolute atomic E-state index is 13.9. The molecule has 0 radical (unpaired) electrons. The quantitative estimate of drug-likeness (QED) is 0.148. The zero-order chi connectivity index (χ0) is 27.4. The van der Waals surface area contributed by atoms with Gasteiger partial charge in [-0.1, -0.05) is 48.0 Å². The lowest BCUT2D eigenvalue weighted by Gasteiger charge is -2.15. The number of nitrogens with one attached hydrogen (secondary N) is 1. The van der Waals surface area contributed by atoms with E-state index in [0.717, 1.165) is 56.7 Å². The summed E-state index contributed by atoms with van der Waals surface area (Å²) in [6.07, 6.45) is 2.71. The predicted molar refractivity (Wildman–Crippen MR) is 163 cm³/mol. The Hall–Kier alpha value is -2.62. The van der Waals surface area contributed by atoms with Crippen LogP contribution in [0.25, 0.3) is 15.9 Å². The number of amides is 1. The highest BCUT2D eigenvalue weighted by molar-refractivity contribution is 9.10. The van der Waals surface area contributed by atoms with Crippen LogP contribution in [0.2, 0.25) is 0 Å². The molecule has 0 fully saturated rings. The molecule has 0 aliphatic rings. The Morgan fingerprint density at radius 2 is 1.89 bits per heavy atom. The van der Waals surface area contributed by atoms with Crippen molar-refractivity contribution < 1.29 is 9.53 Å². The van der Waals surface area contributed by atoms with E-state index in [1.54, 1.807) is 15.9 Å². The number of fused-ring (bicyclic) bond motifs is 1. The maximum Gasteiger partial charge on any atom is 0.267 e. The van der Waals surface area contributed by atoms with Crippen LogP contribution < -0.4 is 15.6 Å². The number of nitrogens with zero attached hydrogens (tertiary/aromatic N) is 2. The van der Waals surface area contributed by atoms with Crippen molar-refractivity contribution in [3.8, 4) is 11.4 Å². The topological polar surface area (TPSA) is 73.2 Å². The van der Waals surface area contributed by atoms with Crippen molar-refractivity contribution in [1.82, 2.24) is 9.55 Å². The summed E-state index contributed by atoms with van der Waals surface area (Å²) in [5.74, 6) is 0.719. The van der Waals surface area contributed by atoms with Gasteiger partial charge in [0.05, 0.1) is 23.4 Å². The number of hydrogen-bond acceptors (Lipinski definition) is 6. The highest BCUT2D eigenvalue weighted by Gasteiger charge is 2.20. The Labute approximate surface area is 240 Å². The van der Waals surface area contributed by atoms with Crippen LogP contribution in [0.15, 0.2) is 50.8 Å². The molecular weight excluding hydrogens is 582 g/mol. The first kappa shape index (κ1) is 28.4. The van der Waals surface area contributed by atoms with E-state index in [1.807, 2.05) is 57.2 Å². The summed E-state index contributed by atoms with van der Waals surface area (Å²) >= 11 is 6.38. The summed E-state index contributed by atoms with van der Waals surface area (Å²) < 4.78 is 8.20. The van der Waals surface area contributed by atoms with Gasteiger partial charge in [-0.15, -0.1) is 11.3 Å². The molecule has 2 aromatic heterocycles. The van der Waals surface area contributed by atoms with Gasteiger partial charge in [0, 0.05) is 15.0 Å². The molecule has 38 heavy (non-hydrogen) atoms. The fourth-order valence-electron chi connectivity index (χ4n) is 4.43. The normalized spacial score (nSPS) is 11.2. The Morgan fingerprint density at radius 1 is 1.16 bits per heavy atom. The third-order valence-electron chi connectivity index (χ3n) is 6.28. The first-order valence-electron chi connectivity index (χ1n) is 12.8. The molecule has 0 aliphatic heterocycles. The minimum absolute atomic E-state index is 0.116. The zero-order valence-electron chi connectivity index (χ0n) is 22.3.